The SMILES string of the molecule is O=C(Cn1cc(I)cn1)NC1CCCCC1. The van der Waals surface area contributed by atoms with Crippen LogP contribution in [0.5, 0.6) is 0 Å². The maximum atomic E-state index is 11.7. The second kappa shape index (κ2) is 5.65. The summed E-state index contributed by atoms with van der Waals surface area (Å²) in [6.07, 6.45) is 9.68. The van der Waals surface area contributed by atoms with E-state index in [-0.39, 0.29) is 5.91 Å². The molecule has 0 unspecified atom stereocenters. The molecule has 0 spiro atoms. The average Bonchev–Trinajstić information content (AvgIpc) is 2.65. The molecule has 1 aromatic rings. The van der Waals surface area contributed by atoms with E-state index in [1.165, 1.54) is 19.3 Å². The van der Waals surface area contributed by atoms with Gasteiger partial charge in [-0.3, -0.25) is 9.48 Å². The van der Waals surface area contributed by atoms with Crippen LogP contribution in [-0.4, -0.2) is 21.7 Å². The number of hydrogen-bond donors (Lipinski definition) is 1. The van der Waals surface area contributed by atoms with E-state index in [0.29, 0.717) is 12.6 Å². The molecular weight excluding hydrogens is 317 g/mol. The topological polar surface area (TPSA) is 46.9 Å². The van der Waals surface area contributed by atoms with Crippen molar-refractivity contribution in [1.82, 2.24) is 15.1 Å². The number of nitrogens with one attached hydrogen (secondary N) is 1. The molecule has 0 saturated heterocycles. The van der Waals surface area contributed by atoms with Gasteiger partial charge in [0.2, 0.25) is 5.91 Å². The van der Waals surface area contributed by atoms with Gasteiger partial charge in [0.15, 0.2) is 0 Å². The van der Waals surface area contributed by atoms with Gasteiger partial charge in [-0.2, -0.15) is 5.10 Å². The van der Waals surface area contributed by atoms with Gasteiger partial charge in [0.25, 0.3) is 0 Å². The van der Waals surface area contributed by atoms with Gasteiger partial charge >= 0.3 is 0 Å². The highest BCUT2D eigenvalue weighted by Gasteiger charge is 2.15. The first-order chi connectivity index (χ1) is 7.74. The van der Waals surface area contributed by atoms with Crippen LogP contribution in [0.15, 0.2) is 12.4 Å². The molecule has 4 nitrogen and oxygen atoms in total. The van der Waals surface area contributed by atoms with E-state index < -0.39 is 0 Å². The maximum Gasteiger partial charge on any atom is 0.241 e. The van der Waals surface area contributed by atoms with E-state index in [1.807, 2.05) is 6.20 Å². The molecule has 1 saturated carbocycles. The fourth-order valence-electron chi connectivity index (χ4n) is 2.09. The lowest BCUT2D eigenvalue weighted by atomic mass is 9.95. The van der Waals surface area contributed by atoms with Gasteiger partial charge in [-0.1, -0.05) is 19.3 Å². The Morgan fingerprint density at radius 3 is 2.88 bits per heavy atom. The number of nitrogens with zero attached hydrogens (tertiary/aromatic N) is 2. The number of rotatable bonds is 3. The standard InChI is InChI=1S/C11H16IN3O/c12-9-6-13-15(7-9)8-11(16)14-10-4-2-1-3-5-10/h6-7,10H,1-5,8H2,(H,14,16). The molecule has 5 heteroatoms. The highest BCUT2D eigenvalue weighted by atomic mass is 127. The quantitative estimate of drug-likeness (QED) is 0.860. The summed E-state index contributed by atoms with van der Waals surface area (Å²) < 4.78 is 2.74. The highest BCUT2D eigenvalue weighted by molar-refractivity contribution is 14.1. The number of amides is 1. The Morgan fingerprint density at radius 1 is 1.50 bits per heavy atom. The third kappa shape index (κ3) is 3.47. The van der Waals surface area contributed by atoms with Gasteiger partial charge in [0, 0.05) is 12.2 Å². The van der Waals surface area contributed by atoms with Gasteiger partial charge in [-0.15, -0.1) is 0 Å². The molecule has 1 aliphatic carbocycles. The van der Waals surface area contributed by atoms with Gasteiger partial charge in [-0.05, 0) is 35.4 Å². The maximum absolute atomic E-state index is 11.7. The van der Waals surface area contributed by atoms with E-state index in [2.05, 4.69) is 33.0 Å². The van der Waals surface area contributed by atoms with Crippen LogP contribution in [-0.2, 0) is 11.3 Å². The van der Waals surface area contributed by atoms with Gasteiger partial charge in [0.1, 0.15) is 6.54 Å². The molecular formula is C11H16IN3O. The van der Waals surface area contributed by atoms with Crippen LogP contribution in [0.2, 0.25) is 0 Å². The van der Waals surface area contributed by atoms with E-state index in [0.717, 1.165) is 16.4 Å². The summed E-state index contributed by atoms with van der Waals surface area (Å²) in [5.74, 6) is 0.0754. The van der Waals surface area contributed by atoms with E-state index in [4.69, 9.17) is 0 Å². The second-order valence-electron chi connectivity index (χ2n) is 4.26. The zero-order valence-corrected chi connectivity index (χ0v) is 11.3. The molecule has 1 heterocycles. The van der Waals surface area contributed by atoms with Crippen LogP contribution in [0.3, 0.4) is 0 Å². The summed E-state index contributed by atoms with van der Waals surface area (Å²) in [6, 6.07) is 0.385. The lowest BCUT2D eigenvalue weighted by Gasteiger charge is -2.22. The lowest BCUT2D eigenvalue weighted by Crippen LogP contribution is -2.38. The van der Waals surface area contributed by atoms with E-state index in [9.17, 15) is 4.79 Å². The monoisotopic (exact) mass is 333 g/mol. The molecule has 0 radical (unpaired) electrons. The van der Waals surface area contributed by atoms with Crippen molar-refractivity contribution in [2.45, 2.75) is 44.7 Å². The Kier molecular flexibility index (Phi) is 4.20. The van der Waals surface area contributed by atoms with Crippen molar-refractivity contribution in [1.29, 1.82) is 0 Å². The molecule has 0 aromatic carbocycles. The number of aromatic nitrogens is 2. The van der Waals surface area contributed by atoms with Crippen molar-refractivity contribution >= 4 is 28.5 Å². The Balaban J connectivity index is 1.79. The zero-order valence-electron chi connectivity index (χ0n) is 9.16. The molecule has 0 atom stereocenters. The summed E-state index contributed by atoms with van der Waals surface area (Å²) in [7, 11) is 0. The molecule has 1 amide bonds. The summed E-state index contributed by atoms with van der Waals surface area (Å²) >= 11 is 2.19. The highest BCUT2D eigenvalue weighted by Crippen LogP contribution is 2.17. The Morgan fingerprint density at radius 2 is 2.25 bits per heavy atom. The molecule has 16 heavy (non-hydrogen) atoms. The number of carbonyl (C=O) groups is 1. The predicted octanol–water partition coefficient (Wildman–Crippen LogP) is 1.94. The second-order valence-corrected chi connectivity index (χ2v) is 5.50. The van der Waals surface area contributed by atoms with Crippen molar-refractivity contribution in [2.24, 2.45) is 0 Å². The number of hydrogen-bond acceptors (Lipinski definition) is 2. The fourth-order valence-corrected chi connectivity index (χ4v) is 2.54. The minimum absolute atomic E-state index is 0.0754. The first kappa shape index (κ1) is 11.9. The largest absolute Gasteiger partial charge is 0.352 e. The molecule has 1 fully saturated rings. The van der Waals surface area contributed by atoms with Crippen LogP contribution in [0, 0.1) is 3.57 Å². The summed E-state index contributed by atoms with van der Waals surface area (Å²) in [4.78, 5) is 11.7. The minimum Gasteiger partial charge on any atom is -0.352 e. The zero-order chi connectivity index (χ0) is 11.4. The molecule has 2 rings (SSSR count). The van der Waals surface area contributed by atoms with Crippen LogP contribution in [0.4, 0.5) is 0 Å². The molecule has 1 aromatic heterocycles. The first-order valence-corrected chi connectivity index (χ1v) is 6.79. The Labute approximate surface area is 109 Å². The van der Waals surface area contributed by atoms with E-state index >= 15 is 0 Å². The van der Waals surface area contributed by atoms with Gasteiger partial charge in [0.05, 0.1) is 9.77 Å². The van der Waals surface area contributed by atoms with Crippen LogP contribution in [0.25, 0.3) is 0 Å². The normalized spacial score (nSPS) is 17.3. The van der Waals surface area contributed by atoms with Crippen molar-refractivity contribution in [3.05, 3.63) is 16.0 Å². The molecule has 88 valence electrons. The van der Waals surface area contributed by atoms with Crippen molar-refractivity contribution in [3.63, 3.8) is 0 Å². The van der Waals surface area contributed by atoms with Crippen LogP contribution < -0.4 is 5.32 Å². The predicted molar refractivity (Wildman–Crippen MR) is 70.0 cm³/mol. The smallest absolute Gasteiger partial charge is 0.241 e. The molecule has 0 bridgehead atoms. The Bertz CT molecular complexity index is 358. The summed E-state index contributed by atoms with van der Waals surface area (Å²) in [5, 5.41) is 7.17. The van der Waals surface area contributed by atoms with Crippen LogP contribution >= 0.6 is 22.6 Å². The van der Waals surface area contributed by atoms with Crippen molar-refractivity contribution in [2.75, 3.05) is 0 Å². The summed E-state index contributed by atoms with van der Waals surface area (Å²) in [5.41, 5.74) is 0. The van der Waals surface area contributed by atoms with E-state index in [1.54, 1.807) is 10.9 Å². The minimum atomic E-state index is 0.0754. The number of carbonyl (C=O) groups excluding carboxylic acids is 1. The third-order valence-corrected chi connectivity index (χ3v) is 3.43. The van der Waals surface area contributed by atoms with Crippen molar-refractivity contribution in [3.8, 4) is 0 Å². The van der Waals surface area contributed by atoms with Crippen molar-refractivity contribution < 1.29 is 4.79 Å². The van der Waals surface area contributed by atoms with Gasteiger partial charge < -0.3 is 5.32 Å². The Hall–Kier alpha value is -0.590. The van der Waals surface area contributed by atoms with Crippen LogP contribution in [0.1, 0.15) is 32.1 Å². The molecule has 0 aliphatic heterocycles. The third-order valence-electron chi connectivity index (χ3n) is 2.88. The number of halogens is 1. The first-order valence-electron chi connectivity index (χ1n) is 5.71. The summed E-state index contributed by atoms with van der Waals surface area (Å²) in [6.45, 7) is 0.333. The lowest BCUT2D eigenvalue weighted by molar-refractivity contribution is -0.122. The molecule has 1 N–H and O–H groups in total. The molecule has 1 aliphatic rings. The fraction of sp³-hybridized carbons (Fsp3) is 0.636. The average molecular weight is 333 g/mol. The van der Waals surface area contributed by atoms with Gasteiger partial charge in [-0.25, -0.2) is 0 Å².